The summed E-state index contributed by atoms with van der Waals surface area (Å²) in [6.07, 6.45) is -2.10. The second-order valence-corrected chi connectivity index (χ2v) is 9.76. The van der Waals surface area contributed by atoms with Gasteiger partial charge in [-0.1, -0.05) is 12.1 Å². The van der Waals surface area contributed by atoms with E-state index in [1.807, 2.05) is 0 Å². The first-order valence-electron chi connectivity index (χ1n) is 13.2. The summed E-state index contributed by atoms with van der Waals surface area (Å²) < 4.78 is 57.7. The first-order chi connectivity index (χ1) is 20.6. The Morgan fingerprint density at radius 2 is 1.84 bits per heavy atom. The Morgan fingerprint density at radius 3 is 2.56 bits per heavy atom. The largest absolute Gasteiger partial charge is 0.488 e. The quantitative estimate of drug-likeness (QED) is 0.274. The number of halogens is 3. The van der Waals surface area contributed by atoms with Crippen molar-refractivity contribution in [2.75, 3.05) is 19.8 Å². The number of alkyl halides is 3. The first kappa shape index (κ1) is 29.4. The molecule has 0 saturated carbocycles. The molecule has 1 aliphatic heterocycles. The number of carboxylic acids is 1. The average molecular weight is 594 g/mol. The fourth-order valence-corrected chi connectivity index (χ4v) is 4.62. The van der Waals surface area contributed by atoms with Gasteiger partial charge in [0.2, 0.25) is 0 Å². The predicted molar refractivity (Wildman–Crippen MR) is 148 cm³/mol. The molecule has 1 N–H and O–H groups in total. The lowest BCUT2D eigenvalue weighted by Crippen LogP contribution is -2.39. The van der Waals surface area contributed by atoms with Crippen molar-refractivity contribution >= 4 is 11.9 Å². The Balaban J connectivity index is 1.49. The Labute approximate surface area is 244 Å². The fraction of sp³-hybridized carbons (Fsp3) is 0.226. The van der Waals surface area contributed by atoms with Crippen LogP contribution < -0.4 is 14.2 Å². The summed E-state index contributed by atoms with van der Waals surface area (Å²) in [6, 6.07) is 16.2. The standard InChI is InChI=1S/C31H26F3N3O6/c1-19-25(6-3-12-35-19)42-17-24-16-37(15-20-4-2-5-22(14-20)31(32,33)34)30(40)28-26(43-24)11-13-36-29(28)21-7-9-23(10-8-21)41-18-27(38)39/h2-14,24H,15-18H2,1H3,(H,38,39). The average Bonchev–Trinajstić information content (AvgIpc) is 3.11. The SMILES string of the molecule is Cc1ncccc1OCC1CN(Cc2cccc(C(F)(F)F)c2)C(=O)c2c(ccnc2-c2ccc(OCC(=O)O)cc2)O1. The molecule has 4 aromatic rings. The molecule has 1 amide bonds. The highest BCUT2D eigenvalue weighted by Gasteiger charge is 2.34. The fourth-order valence-electron chi connectivity index (χ4n) is 4.62. The van der Waals surface area contributed by atoms with E-state index in [0.29, 0.717) is 28.3 Å². The monoisotopic (exact) mass is 593 g/mol. The molecule has 5 rings (SSSR count). The molecule has 1 unspecified atom stereocenters. The molecule has 1 aliphatic rings. The molecule has 1 atom stereocenters. The lowest BCUT2D eigenvalue weighted by molar-refractivity contribution is -0.139. The van der Waals surface area contributed by atoms with Gasteiger partial charge in [-0.25, -0.2) is 4.79 Å². The zero-order valence-corrected chi connectivity index (χ0v) is 22.9. The van der Waals surface area contributed by atoms with Crippen molar-refractivity contribution in [2.24, 2.45) is 0 Å². The van der Waals surface area contributed by atoms with Gasteiger partial charge in [0.25, 0.3) is 5.91 Å². The molecule has 0 radical (unpaired) electrons. The number of carbonyl (C=O) groups is 2. The molecule has 12 heteroatoms. The number of hydrogen-bond acceptors (Lipinski definition) is 7. The Kier molecular flexibility index (Phi) is 8.46. The summed E-state index contributed by atoms with van der Waals surface area (Å²) in [5.74, 6) is -0.525. The van der Waals surface area contributed by atoms with Gasteiger partial charge in [0.05, 0.1) is 23.5 Å². The number of pyridine rings is 2. The number of aliphatic carboxylic acids is 1. The summed E-state index contributed by atoms with van der Waals surface area (Å²) in [6.45, 7) is 1.20. The Morgan fingerprint density at radius 1 is 1.05 bits per heavy atom. The minimum atomic E-state index is -4.54. The molecule has 9 nitrogen and oxygen atoms in total. The number of ether oxygens (including phenoxy) is 3. The summed E-state index contributed by atoms with van der Waals surface area (Å²) >= 11 is 0. The van der Waals surface area contributed by atoms with Crippen molar-refractivity contribution < 1.29 is 42.1 Å². The first-order valence-corrected chi connectivity index (χ1v) is 13.2. The highest BCUT2D eigenvalue weighted by atomic mass is 19.4. The third-order valence-electron chi connectivity index (χ3n) is 6.63. The van der Waals surface area contributed by atoms with Crippen LogP contribution in [0, 0.1) is 6.92 Å². The van der Waals surface area contributed by atoms with Crippen LogP contribution in [-0.4, -0.2) is 57.7 Å². The van der Waals surface area contributed by atoms with Crippen LogP contribution in [0.25, 0.3) is 11.3 Å². The molecule has 2 aromatic heterocycles. The van der Waals surface area contributed by atoms with Crippen LogP contribution in [0.3, 0.4) is 0 Å². The molecular formula is C31H26F3N3O6. The molecule has 0 saturated heterocycles. The maximum atomic E-state index is 14.1. The number of benzene rings is 2. The van der Waals surface area contributed by atoms with E-state index in [1.165, 1.54) is 23.2 Å². The molecule has 0 fully saturated rings. The van der Waals surface area contributed by atoms with Crippen molar-refractivity contribution in [3.8, 4) is 28.5 Å². The van der Waals surface area contributed by atoms with Gasteiger partial charge in [-0.2, -0.15) is 13.2 Å². The molecule has 2 aromatic carbocycles. The van der Waals surface area contributed by atoms with Crippen molar-refractivity contribution in [1.29, 1.82) is 0 Å². The van der Waals surface area contributed by atoms with Crippen LogP contribution in [0.1, 0.15) is 27.2 Å². The summed E-state index contributed by atoms with van der Waals surface area (Å²) in [7, 11) is 0. The summed E-state index contributed by atoms with van der Waals surface area (Å²) in [5.41, 5.74) is 1.08. The summed E-state index contributed by atoms with van der Waals surface area (Å²) in [5, 5.41) is 8.86. The van der Waals surface area contributed by atoms with Crippen LogP contribution in [0.4, 0.5) is 13.2 Å². The number of carboxylic acid groups (broad SMARTS) is 1. The van der Waals surface area contributed by atoms with Gasteiger partial charge in [0, 0.05) is 24.5 Å². The Hall–Kier alpha value is -5.13. The number of carbonyl (C=O) groups excluding carboxylic acids is 1. The highest BCUT2D eigenvalue weighted by Crippen LogP contribution is 2.35. The second kappa shape index (κ2) is 12.4. The zero-order chi connectivity index (χ0) is 30.6. The van der Waals surface area contributed by atoms with Crippen LogP contribution in [0.2, 0.25) is 0 Å². The second-order valence-electron chi connectivity index (χ2n) is 9.76. The van der Waals surface area contributed by atoms with Gasteiger partial charge in [-0.15, -0.1) is 0 Å². The molecule has 3 heterocycles. The van der Waals surface area contributed by atoms with Crippen LogP contribution >= 0.6 is 0 Å². The summed E-state index contributed by atoms with van der Waals surface area (Å²) in [4.78, 5) is 35.0. The highest BCUT2D eigenvalue weighted by molar-refractivity contribution is 6.02. The van der Waals surface area contributed by atoms with E-state index in [-0.39, 0.29) is 36.7 Å². The number of aromatic nitrogens is 2. The van der Waals surface area contributed by atoms with E-state index >= 15 is 0 Å². The van der Waals surface area contributed by atoms with E-state index < -0.39 is 36.3 Å². The number of fused-ring (bicyclic) bond motifs is 1. The topological polar surface area (TPSA) is 111 Å². The predicted octanol–water partition coefficient (Wildman–Crippen LogP) is 5.42. The number of amides is 1. The normalized spacial score (nSPS) is 14.8. The van der Waals surface area contributed by atoms with Gasteiger partial charge in [0.15, 0.2) is 12.7 Å². The van der Waals surface area contributed by atoms with E-state index in [4.69, 9.17) is 19.3 Å². The number of nitrogens with zero attached hydrogens (tertiary/aromatic N) is 3. The molecule has 222 valence electrons. The van der Waals surface area contributed by atoms with Crippen molar-refractivity contribution in [3.63, 3.8) is 0 Å². The number of hydrogen-bond donors (Lipinski definition) is 1. The van der Waals surface area contributed by atoms with Crippen molar-refractivity contribution in [2.45, 2.75) is 25.7 Å². The number of rotatable bonds is 9. The lowest BCUT2D eigenvalue weighted by Gasteiger charge is -2.25. The van der Waals surface area contributed by atoms with Gasteiger partial charge >= 0.3 is 12.1 Å². The van der Waals surface area contributed by atoms with Crippen LogP contribution in [-0.2, 0) is 17.5 Å². The van der Waals surface area contributed by atoms with Crippen LogP contribution in [0.5, 0.6) is 17.2 Å². The minimum Gasteiger partial charge on any atom is -0.488 e. The maximum Gasteiger partial charge on any atom is 0.416 e. The maximum absolute atomic E-state index is 14.1. The lowest BCUT2D eigenvalue weighted by atomic mass is 10.0. The zero-order valence-electron chi connectivity index (χ0n) is 22.9. The van der Waals surface area contributed by atoms with Crippen LogP contribution in [0.15, 0.2) is 79.1 Å². The molecular weight excluding hydrogens is 567 g/mol. The minimum absolute atomic E-state index is 0.0183. The van der Waals surface area contributed by atoms with Crippen molar-refractivity contribution in [1.82, 2.24) is 14.9 Å². The Bertz CT molecular complexity index is 1630. The van der Waals surface area contributed by atoms with Gasteiger partial charge < -0.3 is 24.2 Å². The number of aryl methyl sites for hydroxylation is 1. The van der Waals surface area contributed by atoms with Crippen molar-refractivity contribution in [3.05, 3.63) is 102 Å². The van der Waals surface area contributed by atoms with E-state index in [9.17, 15) is 22.8 Å². The van der Waals surface area contributed by atoms with E-state index in [2.05, 4.69) is 9.97 Å². The molecule has 43 heavy (non-hydrogen) atoms. The molecule has 0 bridgehead atoms. The molecule has 0 spiro atoms. The van der Waals surface area contributed by atoms with Gasteiger partial charge in [-0.3, -0.25) is 14.8 Å². The van der Waals surface area contributed by atoms with Gasteiger partial charge in [-0.05, 0) is 67.1 Å². The molecule has 0 aliphatic carbocycles. The van der Waals surface area contributed by atoms with E-state index in [1.54, 1.807) is 55.6 Å². The van der Waals surface area contributed by atoms with Gasteiger partial charge in [0.1, 0.15) is 29.4 Å². The van der Waals surface area contributed by atoms with E-state index in [0.717, 1.165) is 12.1 Å². The smallest absolute Gasteiger partial charge is 0.416 e. The third-order valence-corrected chi connectivity index (χ3v) is 6.63. The third kappa shape index (κ3) is 7.03.